The highest BCUT2D eigenvalue weighted by atomic mass is 79.9. The van der Waals surface area contributed by atoms with E-state index in [-0.39, 0.29) is 37.7 Å². The summed E-state index contributed by atoms with van der Waals surface area (Å²) in [4.78, 5) is 37.1. The molecule has 398 valence electrons. The van der Waals surface area contributed by atoms with Crippen LogP contribution in [0.2, 0.25) is 103 Å². The lowest BCUT2D eigenvalue weighted by molar-refractivity contribution is -0.146. The van der Waals surface area contributed by atoms with Crippen LogP contribution in [-0.4, -0.2) is 137 Å². The monoisotopic (exact) mass is 1330 g/mol. The van der Waals surface area contributed by atoms with Gasteiger partial charge in [0, 0.05) is 45.8 Å². The number of esters is 3. The van der Waals surface area contributed by atoms with Crippen LogP contribution in [-0.2, 0) is 78.0 Å². The molecule has 3 aliphatic rings. The van der Waals surface area contributed by atoms with Gasteiger partial charge in [0.1, 0.15) is 13.0 Å². The minimum atomic E-state index is -3.93. The first-order chi connectivity index (χ1) is 30.4. The molecule has 4 bridgehead atoms. The molecule has 0 N–H and O–H groups in total. The van der Waals surface area contributed by atoms with E-state index in [1.807, 2.05) is 19.6 Å². The lowest BCUT2D eigenvalue weighted by Crippen LogP contribution is -2.81. The summed E-state index contributed by atoms with van der Waals surface area (Å²) < 4.78 is 99.6. The Morgan fingerprint density at radius 1 is 0.382 bits per heavy atom. The fraction of sp³-hybridized carbons (Fsp3) is 0.919. The maximum Gasteiger partial charge on any atom is 0.475 e. The summed E-state index contributed by atoms with van der Waals surface area (Å²) in [5.74, 6) is -0.965. The van der Waals surface area contributed by atoms with Gasteiger partial charge in [0.2, 0.25) is 0 Å². The Balaban J connectivity index is 2.02. The highest BCUT2D eigenvalue weighted by molar-refractivity contribution is 9.10. The second-order valence-electron chi connectivity index (χ2n) is 21.7. The number of halogens is 3. The molecule has 0 aliphatic carbocycles. The maximum absolute atomic E-state index is 12.4. The standard InChI is InChI=1S/C37H81Br3O18Si10/c1-35(2,38)32(41)44-26-20-23-29-59(7,8)47-62(13)50-65(16)52-63(14,48-60(9,10)30-24-21-27-45-33(42)36(3,4)39)54-67(18)55-64(15,53-66(17,51-62)57-68(19,56-65)58-67)49-61(11,12)31-25-22-28-46-34(43)37(5,6)40/h20-31H2,1-19H3. The second-order valence-corrected chi connectivity index (χ2v) is 61.6. The van der Waals surface area contributed by atoms with Crippen molar-refractivity contribution >= 4 is 152 Å². The number of unbranched alkanes of at least 4 members (excludes halogenated alkanes) is 3. The van der Waals surface area contributed by atoms with E-state index in [0.29, 0.717) is 37.4 Å². The Kier molecular flexibility index (Phi) is 22.0. The van der Waals surface area contributed by atoms with Crippen molar-refractivity contribution in [2.24, 2.45) is 0 Å². The molecule has 0 amide bonds. The van der Waals surface area contributed by atoms with Crippen LogP contribution in [0.25, 0.3) is 0 Å². The van der Waals surface area contributed by atoms with Crippen LogP contribution in [0.4, 0.5) is 0 Å². The SMILES string of the molecule is CC(C)(Br)C(=O)OCCCC[Si](C)(C)O[Si]1(C)O[Si]2(C)O[Si](C)(O[Si](C)(C)CCCCOC(=O)C(C)(C)Br)O[Si]3(C)O[Si](C)(O[Si](C)(C)CCCCOC(=O)C(C)(C)Br)O[Si](C)(O1)O[Si](C)(O2)O3. The van der Waals surface area contributed by atoms with E-state index < -0.39 is 99.6 Å². The quantitative estimate of drug-likeness (QED) is 0.0291. The third-order valence-electron chi connectivity index (χ3n) is 10.4. The first-order valence-electron chi connectivity index (χ1n) is 23.4. The molecule has 0 radical (unpaired) electrons. The molecule has 3 rings (SSSR count). The number of hydrogen-bond acceptors (Lipinski definition) is 18. The normalized spacial score (nSPS) is 32.0. The van der Waals surface area contributed by atoms with E-state index in [4.69, 9.17) is 63.6 Å². The molecule has 0 spiro atoms. The van der Waals surface area contributed by atoms with E-state index in [1.54, 1.807) is 67.7 Å². The van der Waals surface area contributed by atoms with Crippen LogP contribution in [0.15, 0.2) is 0 Å². The fourth-order valence-electron chi connectivity index (χ4n) is 8.09. The van der Waals surface area contributed by atoms with Crippen LogP contribution in [0, 0.1) is 0 Å². The Bertz CT molecular complexity index is 1540. The fourth-order valence-corrected chi connectivity index (χ4v) is 60.6. The van der Waals surface area contributed by atoms with Crippen LogP contribution in [0.1, 0.15) is 80.1 Å². The van der Waals surface area contributed by atoms with Gasteiger partial charge >= 0.3 is 79.5 Å². The van der Waals surface area contributed by atoms with Gasteiger partial charge in [0.15, 0.2) is 25.0 Å². The van der Waals surface area contributed by atoms with E-state index in [2.05, 4.69) is 87.1 Å². The van der Waals surface area contributed by atoms with Crippen LogP contribution < -0.4 is 0 Å². The third-order valence-corrected chi connectivity index (χ3v) is 53.8. The van der Waals surface area contributed by atoms with Crippen molar-refractivity contribution in [3.63, 3.8) is 0 Å². The van der Waals surface area contributed by atoms with Crippen molar-refractivity contribution in [3.05, 3.63) is 0 Å². The molecule has 3 fully saturated rings. The summed E-state index contributed by atoms with van der Waals surface area (Å²) >= 11 is 10.1. The van der Waals surface area contributed by atoms with E-state index in [9.17, 15) is 14.4 Å². The number of ether oxygens (including phenoxy) is 3. The molecule has 3 heterocycles. The molecule has 0 atom stereocenters. The minimum Gasteiger partial charge on any atom is -0.465 e. The zero-order valence-corrected chi connectivity index (χ0v) is 58.7. The van der Waals surface area contributed by atoms with E-state index >= 15 is 0 Å². The smallest absolute Gasteiger partial charge is 0.465 e. The molecule has 0 aromatic heterocycles. The van der Waals surface area contributed by atoms with Crippen molar-refractivity contribution < 1.29 is 78.0 Å². The first-order valence-corrected chi connectivity index (χ1v) is 50.7. The highest BCUT2D eigenvalue weighted by Gasteiger charge is 2.73. The Morgan fingerprint density at radius 3 is 0.765 bits per heavy atom. The molecular weight excluding hydrogens is 1250 g/mol. The van der Waals surface area contributed by atoms with E-state index in [1.165, 1.54) is 0 Å². The van der Waals surface area contributed by atoms with Gasteiger partial charge in [-0.1, -0.05) is 67.1 Å². The number of fused-ring (bicyclic) bond motifs is 3. The van der Waals surface area contributed by atoms with Crippen molar-refractivity contribution in [1.29, 1.82) is 0 Å². The molecule has 0 aromatic rings. The van der Waals surface area contributed by atoms with Gasteiger partial charge in [-0.05, 0) is 118 Å². The van der Waals surface area contributed by atoms with Crippen molar-refractivity contribution in [2.45, 2.75) is 196 Å². The molecule has 0 unspecified atom stereocenters. The third kappa shape index (κ3) is 21.3. The van der Waals surface area contributed by atoms with Crippen LogP contribution in [0.3, 0.4) is 0 Å². The molecule has 3 aliphatic heterocycles. The Hall–Kier alpha value is 1.54. The van der Waals surface area contributed by atoms with Crippen LogP contribution in [0.5, 0.6) is 0 Å². The van der Waals surface area contributed by atoms with Gasteiger partial charge in [-0.25, -0.2) is 0 Å². The highest BCUT2D eigenvalue weighted by Crippen LogP contribution is 2.44. The Morgan fingerprint density at radius 2 is 0.574 bits per heavy atom. The number of hydrogen-bond donors (Lipinski definition) is 0. The molecule has 68 heavy (non-hydrogen) atoms. The average Bonchev–Trinajstić information content (AvgIpc) is 3.05. The lowest BCUT2D eigenvalue weighted by Gasteiger charge is -2.56. The maximum atomic E-state index is 12.4. The van der Waals surface area contributed by atoms with Gasteiger partial charge in [-0.15, -0.1) is 0 Å². The molecular formula is C37H81Br3O18Si10. The van der Waals surface area contributed by atoms with Crippen molar-refractivity contribution in [1.82, 2.24) is 0 Å². The number of carbonyl (C=O) groups is 3. The molecule has 0 saturated carbocycles. The summed E-state index contributed by atoms with van der Waals surface area (Å²) in [5, 5.41) is 0. The minimum absolute atomic E-state index is 0.280. The topological polar surface area (TPSA) is 190 Å². The predicted molar refractivity (Wildman–Crippen MR) is 291 cm³/mol. The summed E-state index contributed by atoms with van der Waals surface area (Å²) in [7, 11) is -35.2. The zero-order chi connectivity index (χ0) is 52.3. The van der Waals surface area contributed by atoms with Crippen molar-refractivity contribution in [2.75, 3.05) is 19.8 Å². The number of alkyl halides is 3. The average molecular weight is 1330 g/mol. The largest absolute Gasteiger partial charge is 0.475 e. The van der Waals surface area contributed by atoms with Gasteiger partial charge < -0.3 is 63.6 Å². The zero-order valence-electron chi connectivity index (χ0n) is 44.0. The predicted octanol–water partition coefficient (Wildman–Crippen LogP) is 10.3. The summed E-state index contributed by atoms with van der Waals surface area (Å²) in [6, 6.07) is 2.11. The summed E-state index contributed by atoms with van der Waals surface area (Å²) in [5.41, 5.74) is 0. The first kappa shape index (κ1) is 63.8. The summed E-state index contributed by atoms with van der Waals surface area (Å²) in [6.45, 7) is 36.5. The molecule has 3 saturated heterocycles. The molecule has 31 heteroatoms. The second kappa shape index (κ2) is 23.4. The van der Waals surface area contributed by atoms with Gasteiger partial charge in [0.25, 0.3) is 0 Å². The number of carbonyl (C=O) groups excluding carboxylic acids is 3. The summed E-state index contributed by atoms with van der Waals surface area (Å²) in [6.07, 6.45) is 4.14. The lowest BCUT2D eigenvalue weighted by atomic mass is 10.2. The van der Waals surface area contributed by atoms with Crippen LogP contribution >= 0.6 is 47.8 Å². The molecule has 0 aromatic carbocycles. The number of rotatable bonds is 24. The molecule has 18 nitrogen and oxygen atoms in total. The van der Waals surface area contributed by atoms with Gasteiger partial charge in [-0.3, -0.25) is 14.4 Å². The van der Waals surface area contributed by atoms with Gasteiger partial charge in [0.05, 0.1) is 19.8 Å². The van der Waals surface area contributed by atoms with Crippen molar-refractivity contribution in [3.8, 4) is 0 Å². The van der Waals surface area contributed by atoms with E-state index in [0.717, 1.165) is 19.3 Å². The van der Waals surface area contributed by atoms with Gasteiger partial charge in [-0.2, -0.15) is 0 Å². The Labute approximate surface area is 442 Å².